The number of nitrogens with one attached hydrogen (secondary N) is 1. The van der Waals surface area contributed by atoms with Gasteiger partial charge in [0, 0.05) is 24.5 Å². The van der Waals surface area contributed by atoms with Crippen LogP contribution < -0.4 is 11.1 Å². The number of hydrogen-bond donors (Lipinski definition) is 2. The second kappa shape index (κ2) is 7.74. The molecule has 1 saturated carbocycles. The fraction of sp³-hybridized carbons (Fsp3) is 0.692. The lowest BCUT2D eigenvalue weighted by atomic mass is 9.90. The summed E-state index contributed by atoms with van der Waals surface area (Å²) in [6, 6.07) is 0. The summed E-state index contributed by atoms with van der Waals surface area (Å²) >= 11 is 1.61. The van der Waals surface area contributed by atoms with Gasteiger partial charge in [-0.3, -0.25) is 4.79 Å². The number of thiazole rings is 1. The van der Waals surface area contributed by atoms with E-state index in [1.54, 1.807) is 11.3 Å². The molecule has 5 nitrogen and oxygen atoms in total. The first-order valence-electron chi connectivity index (χ1n) is 6.77. The van der Waals surface area contributed by atoms with Gasteiger partial charge in [0.2, 0.25) is 5.91 Å². The number of hydrogen-bond acceptors (Lipinski definition) is 5. The Hall–Kier alpha value is -0.400. The molecular formula is C13H21Cl2N3O2S. The van der Waals surface area contributed by atoms with Crippen molar-refractivity contribution >= 4 is 42.1 Å². The van der Waals surface area contributed by atoms with E-state index >= 15 is 0 Å². The van der Waals surface area contributed by atoms with Crippen LogP contribution in [-0.4, -0.2) is 29.6 Å². The smallest absolute Gasteiger partial charge is 0.240 e. The second-order valence-electron chi connectivity index (χ2n) is 5.39. The Morgan fingerprint density at radius 1 is 1.43 bits per heavy atom. The van der Waals surface area contributed by atoms with Crippen LogP contribution in [0.15, 0.2) is 5.38 Å². The number of aromatic nitrogens is 1. The number of amides is 1. The predicted molar refractivity (Wildman–Crippen MR) is 87.4 cm³/mol. The van der Waals surface area contributed by atoms with Gasteiger partial charge in [-0.05, 0) is 25.7 Å². The van der Waals surface area contributed by atoms with Crippen LogP contribution >= 0.6 is 36.2 Å². The van der Waals surface area contributed by atoms with Crippen LogP contribution in [0, 0.1) is 0 Å². The van der Waals surface area contributed by atoms with Crippen molar-refractivity contribution in [2.24, 2.45) is 5.73 Å². The van der Waals surface area contributed by atoms with Crippen molar-refractivity contribution in [2.75, 3.05) is 13.2 Å². The van der Waals surface area contributed by atoms with Crippen molar-refractivity contribution < 1.29 is 9.53 Å². The minimum Gasteiger partial charge on any atom is -0.381 e. The quantitative estimate of drug-likeness (QED) is 0.867. The fourth-order valence-electron chi connectivity index (χ4n) is 2.27. The molecule has 1 aromatic rings. The molecule has 2 aliphatic rings. The first-order chi connectivity index (χ1) is 9.17. The molecule has 1 aromatic heterocycles. The SMILES string of the molecule is Cl.Cl.NC1(C(=O)NCc2nc(C3CC3)cs2)CCOCC1. The Bertz CT molecular complexity index is 474. The lowest BCUT2D eigenvalue weighted by molar-refractivity contribution is -0.129. The molecular weight excluding hydrogens is 333 g/mol. The third kappa shape index (κ3) is 4.53. The highest BCUT2D eigenvalue weighted by atomic mass is 35.5. The number of carbonyl (C=O) groups excluding carboxylic acids is 1. The van der Waals surface area contributed by atoms with E-state index in [2.05, 4.69) is 15.7 Å². The number of ether oxygens (including phenoxy) is 1. The molecule has 120 valence electrons. The number of halogens is 2. The van der Waals surface area contributed by atoms with Gasteiger partial charge in [0.05, 0.1) is 17.8 Å². The van der Waals surface area contributed by atoms with Crippen LogP contribution in [-0.2, 0) is 16.1 Å². The van der Waals surface area contributed by atoms with E-state index in [0.29, 0.717) is 38.5 Å². The Morgan fingerprint density at radius 3 is 2.71 bits per heavy atom. The second-order valence-corrected chi connectivity index (χ2v) is 6.33. The highest BCUT2D eigenvalue weighted by Crippen LogP contribution is 2.40. The number of nitrogens with zero attached hydrogens (tertiary/aromatic N) is 1. The summed E-state index contributed by atoms with van der Waals surface area (Å²) in [7, 11) is 0. The summed E-state index contributed by atoms with van der Waals surface area (Å²) in [6.45, 7) is 1.61. The third-order valence-corrected chi connectivity index (χ3v) is 4.67. The summed E-state index contributed by atoms with van der Waals surface area (Å²) in [5, 5.41) is 5.98. The van der Waals surface area contributed by atoms with Crippen molar-refractivity contribution in [3.8, 4) is 0 Å². The van der Waals surface area contributed by atoms with Gasteiger partial charge < -0.3 is 15.8 Å². The first-order valence-corrected chi connectivity index (χ1v) is 7.64. The van der Waals surface area contributed by atoms with Crippen LogP contribution in [0.2, 0.25) is 0 Å². The normalized spacial score (nSPS) is 20.0. The van der Waals surface area contributed by atoms with E-state index in [1.165, 1.54) is 18.5 Å². The molecule has 3 N–H and O–H groups in total. The molecule has 1 saturated heterocycles. The van der Waals surface area contributed by atoms with Gasteiger partial charge in [-0.2, -0.15) is 0 Å². The van der Waals surface area contributed by atoms with Gasteiger partial charge in [-0.15, -0.1) is 36.2 Å². The summed E-state index contributed by atoms with van der Waals surface area (Å²) < 4.78 is 5.24. The van der Waals surface area contributed by atoms with Crippen LogP contribution in [0.1, 0.15) is 42.3 Å². The van der Waals surface area contributed by atoms with Crippen molar-refractivity contribution in [3.05, 3.63) is 16.1 Å². The lowest BCUT2D eigenvalue weighted by Crippen LogP contribution is -2.56. The van der Waals surface area contributed by atoms with Crippen molar-refractivity contribution in [3.63, 3.8) is 0 Å². The molecule has 8 heteroatoms. The van der Waals surface area contributed by atoms with Crippen LogP contribution in [0.3, 0.4) is 0 Å². The van der Waals surface area contributed by atoms with Crippen molar-refractivity contribution in [1.29, 1.82) is 0 Å². The molecule has 0 bridgehead atoms. The van der Waals surface area contributed by atoms with E-state index in [9.17, 15) is 4.79 Å². The van der Waals surface area contributed by atoms with Gasteiger partial charge >= 0.3 is 0 Å². The van der Waals surface area contributed by atoms with E-state index in [1.807, 2.05) is 0 Å². The monoisotopic (exact) mass is 353 g/mol. The van der Waals surface area contributed by atoms with E-state index in [-0.39, 0.29) is 30.7 Å². The summed E-state index contributed by atoms with van der Waals surface area (Å²) in [5.74, 6) is 0.580. The van der Waals surface area contributed by atoms with E-state index < -0.39 is 5.54 Å². The maximum absolute atomic E-state index is 12.1. The zero-order chi connectivity index (χ0) is 13.3. The van der Waals surface area contributed by atoms with E-state index in [0.717, 1.165) is 5.01 Å². The van der Waals surface area contributed by atoms with Gasteiger partial charge in [0.15, 0.2) is 0 Å². The molecule has 21 heavy (non-hydrogen) atoms. The van der Waals surface area contributed by atoms with Crippen LogP contribution in [0.4, 0.5) is 0 Å². The fourth-order valence-corrected chi connectivity index (χ4v) is 3.08. The highest BCUT2D eigenvalue weighted by Gasteiger charge is 2.35. The first kappa shape index (κ1) is 18.6. The lowest BCUT2D eigenvalue weighted by Gasteiger charge is -2.31. The van der Waals surface area contributed by atoms with Gasteiger partial charge in [0.25, 0.3) is 0 Å². The minimum atomic E-state index is -0.769. The molecule has 0 unspecified atom stereocenters. The number of carbonyl (C=O) groups is 1. The zero-order valence-electron chi connectivity index (χ0n) is 11.7. The Morgan fingerprint density at radius 2 is 2.10 bits per heavy atom. The summed E-state index contributed by atoms with van der Waals surface area (Å²) in [5.41, 5.74) is 6.54. The molecule has 1 aliphatic carbocycles. The molecule has 2 heterocycles. The topological polar surface area (TPSA) is 77.2 Å². The van der Waals surface area contributed by atoms with Gasteiger partial charge in [0.1, 0.15) is 5.01 Å². The van der Waals surface area contributed by atoms with Crippen LogP contribution in [0.5, 0.6) is 0 Å². The molecule has 2 fully saturated rings. The van der Waals surface area contributed by atoms with Crippen LogP contribution in [0.25, 0.3) is 0 Å². The number of nitrogens with two attached hydrogens (primary N) is 1. The molecule has 0 radical (unpaired) electrons. The third-order valence-electron chi connectivity index (χ3n) is 3.80. The van der Waals surface area contributed by atoms with Crippen molar-refractivity contribution in [1.82, 2.24) is 10.3 Å². The van der Waals surface area contributed by atoms with Crippen molar-refractivity contribution in [2.45, 2.75) is 43.7 Å². The summed E-state index contributed by atoms with van der Waals surface area (Å²) in [6.07, 6.45) is 3.68. The van der Waals surface area contributed by atoms with Gasteiger partial charge in [-0.1, -0.05) is 0 Å². The predicted octanol–water partition coefficient (Wildman–Crippen LogP) is 1.99. The minimum absolute atomic E-state index is 0. The molecule has 1 amide bonds. The van der Waals surface area contributed by atoms with Gasteiger partial charge in [-0.25, -0.2) is 4.98 Å². The zero-order valence-corrected chi connectivity index (χ0v) is 14.1. The average molecular weight is 354 g/mol. The molecule has 0 atom stereocenters. The Labute approximate surface area is 140 Å². The maximum Gasteiger partial charge on any atom is 0.240 e. The highest BCUT2D eigenvalue weighted by molar-refractivity contribution is 7.09. The Balaban J connectivity index is 0.00000110. The largest absolute Gasteiger partial charge is 0.381 e. The number of rotatable bonds is 4. The standard InChI is InChI=1S/C13H19N3O2S.2ClH/c14-13(3-5-18-6-4-13)12(17)15-7-11-16-10(8-19-11)9-1-2-9;;/h8-9H,1-7,14H2,(H,15,17);2*1H. The molecule has 0 spiro atoms. The maximum atomic E-state index is 12.1. The molecule has 0 aromatic carbocycles. The van der Waals surface area contributed by atoms with E-state index in [4.69, 9.17) is 10.5 Å². The molecule has 3 rings (SSSR count). The average Bonchev–Trinajstić information content (AvgIpc) is 3.16. The molecule has 1 aliphatic heterocycles. The summed E-state index contributed by atoms with van der Waals surface area (Å²) in [4.78, 5) is 16.7. The Kier molecular flexibility index (Phi) is 6.87.